The molecule has 1 aromatic heterocycles. The predicted octanol–water partition coefficient (Wildman–Crippen LogP) is 4.46. The summed E-state index contributed by atoms with van der Waals surface area (Å²) in [6.45, 7) is 0. The van der Waals surface area contributed by atoms with Gasteiger partial charge in [-0.25, -0.2) is 4.79 Å². The molecule has 1 saturated heterocycles. The molecule has 1 fully saturated rings. The molecular formula is C24H18BrNO7. The molecule has 1 amide bonds. The number of anilines is 1. The maximum atomic E-state index is 13.1. The predicted molar refractivity (Wildman–Crippen MR) is 122 cm³/mol. The number of halogens is 1. The summed E-state index contributed by atoms with van der Waals surface area (Å²) in [6, 6.07) is 13.1. The molecule has 9 heteroatoms. The summed E-state index contributed by atoms with van der Waals surface area (Å²) < 4.78 is 16.1. The fourth-order valence-electron chi connectivity index (χ4n) is 3.68. The number of Topliss-reactive ketones (excluding diaryl/α,β-unsaturated/α-hetero) is 1. The molecule has 33 heavy (non-hydrogen) atoms. The third-order valence-corrected chi connectivity index (χ3v) is 5.85. The summed E-state index contributed by atoms with van der Waals surface area (Å²) in [7, 11) is 2.75. The number of aliphatic hydroxyl groups excluding tert-OH is 1. The molecular weight excluding hydrogens is 494 g/mol. The Morgan fingerprint density at radius 3 is 2.48 bits per heavy atom. The number of benzene rings is 2. The molecule has 1 atom stereocenters. The topological polar surface area (TPSA) is 106 Å². The number of carbonyl (C=O) groups excluding carboxylic acids is 3. The number of esters is 1. The van der Waals surface area contributed by atoms with Crippen molar-refractivity contribution < 1.29 is 33.4 Å². The maximum Gasteiger partial charge on any atom is 0.337 e. The number of rotatable bonds is 5. The van der Waals surface area contributed by atoms with E-state index in [0.29, 0.717) is 15.8 Å². The Balaban J connectivity index is 1.90. The minimum absolute atomic E-state index is 0.143. The molecule has 2 heterocycles. The van der Waals surface area contributed by atoms with Gasteiger partial charge in [0, 0.05) is 11.3 Å². The van der Waals surface area contributed by atoms with Gasteiger partial charge in [-0.3, -0.25) is 14.5 Å². The Labute approximate surface area is 197 Å². The molecule has 0 aliphatic carbocycles. The van der Waals surface area contributed by atoms with Crippen molar-refractivity contribution in [1.82, 2.24) is 0 Å². The van der Waals surface area contributed by atoms with E-state index in [1.54, 1.807) is 42.5 Å². The molecule has 0 bridgehead atoms. The lowest BCUT2D eigenvalue weighted by molar-refractivity contribution is -0.132. The zero-order valence-electron chi connectivity index (χ0n) is 17.6. The van der Waals surface area contributed by atoms with Crippen molar-refractivity contribution in [2.45, 2.75) is 6.04 Å². The van der Waals surface area contributed by atoms with Crippen LogP contribution in [0.25, 0.3) is 5.76 Å². The number of carbonyl (C=O) groups is 3. The van der Waals surface area contributed by atoms with Crippen LogP contribution in [-0.4, -0.2) is 37.0 Å². The first kappa shape index (κ1) is 22.3. The molecule has 1 aliphatic heterocycles. The van der Waals surface area contributed by atoms with Crippen molar-refractivity contribution in [3.8, 4) is 5.75 Å². The lowest BCUT2D eigenvalue weighted by Crippen LogP contribution is -2.29. The molecule has 1 unspecified atom stereocenters. The van der Waals surface area contributed by atoms with E-state index in [1.807, 2.05) is 0 Å². The molecule has 1 aliphatic rings. The van der Waals surface area contributed by atoms with Crippen LogP contribution in [0.3, 0.4) is 0 Å². The van der Waals surface area contributed by atoms with Gasteiger partial charge in [-0.1, -0.05) is 6.07 Å². The largest absolute Gasteiger partial charge is 0.507 e. The summed E-state index contributed by atoms with van der Waals surface area (Å²) in [4.78, 5) is 39.4. The molecule has 0 radical (unpaired) electrons. The first-order chi connectivity index (χ1) is 15.9. The van der Waals surface area contributed by atoms with Gasteiger partial charge in [0.1, 0.15) is 23.3 Å². The average Bonchev–Trinajstić information content (AvgIpc) is 3.45. The molecule has 2 aromatic carbocycles. The van der Waals surface area contributed by atoms with Gasteiger partial charge in [0.25, 0.3) is 11.7 Å². The number of methoxy groups -OCH3 is 2. The molecule has 8 nitrogen and oxygen atoms in total. The van der Waals surface area contributed by atoms with Crippen molar-refractivity contribution in [2.24, 2.45) is 0 Å². The summed E-state index contributed by atoms with van der Waals surface area (Å²) in [5.41, 5.74) is 0.640. The van der Waals surface area contributed by atoms with Crippen LogP contribution in [0.4, 0.5) is 5.69 Å². The maximum absolute atomic E-state index is 13.1. The number of hydrogen-bond acceptors (Lipinski definition) is 7. The van der Waals surface area contributed by atoms with Crippen LogP contribution in [-0.2, 0) is 14.3 Å². The van der Waals surface area contributed by atoms with E-state index >= 15 is 0 Å². The Bertz CT molecular complexity index is 1280. The second kappa shape index (κ2) is 8.95. The minimum Gasteiger partial charge on any atom is -0.507 e. The van der Waals surface area contributed by atoms with Gasteiger partial charge < -0.3 is 19.0 Å². The standard InChI is InChI=1S/C24H18BrNO7/c1-31-17-9-8-13(12-16(17)25)21(27)19-20(18-7-4-10-33-18)26(23(29)22(19)28)15-6-3-5-14(11-15)24(30)32-2/h3-12,20,27H,1-2H3/b21-19-. The van der Waals surface area contributed by atoms with E-state index in [2.05, 4.69) is 15.9 Å². The third kappa shape index (κ3) is 3.91. The Morgan fingerprint density at radius 1 is 1.06 bits per heavy atom. The van der Waals surface area contributed by atoms with Gasteiger partial charge >= 0.3 is 5.97 Å². The zero-order chi connectivity index (χ0) is 23.7. The Morgan fingerprint density at radius 2 is 1.85 bits per heavy atom. The van der Waals surface area contributed by atoms with Crippen molar-refractivity contribution in [1.29, 1.82) is 0 Å². The molecule has 3 aromatic rings. The highest BCUT2D eigenvalue weighted by Gasteiger charge is 2.48. The quantitative estimate of drug-likeness (QED) is 0.233. The number of furan rings is 1. The van der Waals surface area contributed by atoms with Gasteiger partial charge in [-0.15, -0.1) is 0 Å². The highest BCUT2D eigenvalue weighted by atomic mass is 79.9. The van der Waals surface area contributed by atoms with E-state index < -0.39 is 23.7 Å². The normalized spacial score (nSPS) is 17.3. The number of amides is 1. The van der Waals surface area contributed by atoms with E-state index in [-0.39, 0.29) is 28.3 Å². The summed E-state index contributed by atoms with van der Waals surface area (Å²) >= 11 is 3.36. The SMILES string of the molecule is COC(=O)c1cccc(N2C(=O)C(=O)/C(=C(\O)c3ccc(OC)c(Br)c3)C2c2ccco2)c1. The van der Waals surface area contributed by atoms with Gasteiger partial charge in [-0.05, 0) is 64.5 Å². The third-order valence-electron chi connectivity index (χ3n) is 5.23. The molecule has 0 saturated carbocycles. The van der Waals surface area contributed by atoms with Gasteiger partial charge in [0.15, 0.2) is 0 Å². The fraction of sp³-hybridized carbons (Fsp3) is 0.125. The van der Waals surface area contributed by atoms with Crippen molar-refractivity contribution in [3.63, 3.8) is 0 Å². The van der Waals surface area contributed by atoms with Crippen LogP contribution < -0.4 is 9.64 Å². The van der Waals surface area contributed by atoms with Crippen LogP contribution in [0.15, 0.2) is 75.3 Å². The lowest BCUT2D eigenvalue weighted by atomic mass is 9.99. The first-order valence-electron chi connectivity index (χ1n) is 9.74. The fourth-order valence-corrected chi connectivity index (χ4v) is 4.23. The van der Waals surface area contributed by atoms with E-state index in [4.69, 9.17) is 13.9 Å². The van der Waals surface area contributed by atoms with E-state index in [0.717, 1.165) is 0 Å². The second-order valence-electron chi connectivity index (χ2n) is 7.08. The second-order valence-corrected chi connectivity index (χ2v) is 7.93. The number of nitrogens with zero attached hydrogens (tertiary/aromatic N) is 1. The smallest absolute Gasteiger partial charge is 0.337 e. The van der Waals surface area contributed by atoms with E-state index in [9.17, 15) is 19.5 Å². The monoisotopic (exact) mass is 511 g/mol. The minimum atomic E-state index is -1.05. The first-order valence-corrected chi connectivity index (χ1v) is 10.5. The van der Waals surface area contributed by atoms with Crippen LogP contribution in [0.1, 0.15) is 27.7 Å². The Kier molecular flexibility index (Phi) is 6.06. The van der Waals surface area contributed by atoms with Gasteiger partial charge in [-0.2, -0.15) is 0 Å². The molecule has 0 spiro atoms. The molecule has 1 N–H and O–H groups in total. The molecule has 4 rings (SSSR count). The van der Waals surface area contributed by atoms with Crippen molar-refractivity contribution >= 4 is 45.0 Å². The summed E-state index contributed by atoms with van der Waals surface area (Å²) in [6.07, 6.45) is 1.41. The number of aliphatic hydroxyl groups is 1. The lowest BCUT2D eigenvalue weighted by Gasteiger charge is -2.23. The van der Waals surface area contributed by atoms with Crippen molar-refractivity contribution in [2.75, 3.05) is 19.1 Å². The van der Waals surface area contributed by atoms with Crippen LogP contribution in [0.2, 0.25) is 0 Å². The number of ketones is 1. The van der Waals surface area contributed by atoms with Crippen LogP contribution in [0.5, 0.6) is 5.75 Å². The van der Waals surface area contributed by atoms with Crippen LogP contribution in [0, 0.1) is 0 Å². The summed E-state index contributed by atoms with van der Waals surface area (Å²) in [5, 5.41) is 11.1. The highest BCUT2D eigenvalue weighted by molar-refractivity contribution is 9.10. The van der Waals surface area contributed by atoms with Crippen molar-refractivity contribution in [3.05, 3.63) is 87.8 Å². The zero-order valence-corrected chi connectivity index (χ0v) is 19.2. The number of ether oxygens (including phenoxy) is 2. The summed E-state index contributed by atoms with van der Waals surface area (Å²) in [5.74, 6) is -1.91. The van der Waals surface area contributed by atoms with Gasteiger partial charge in [0.05, 0.1) is 36.1 Å². The number of hydrogen-bond donors (Lipinski definition) is 1. The van der Waals surface area contributed by atoms with Crippen LogP contribution >= 0.6 is 15.9 Å². The average molecular weight is 512 g/mol. The Hall–Kier alpha value is -3.85. The van der Waals surface area contributed by atoms with E-state index in [1.165, 1.54) is 37.5 Å². The van der Waals surface area contributed by atoms with Gasteiger partial charge in [0.2, 0.25) is 0 Å². The highest BCUT2D eigenvalue weighted by Crippen LogP contribution is 2.43. The molecule has 168 valence electrons.